The van der Waals surface area contributed by atoms with E-state index in [1.54, 1.807) is 12.2 Å². The van der Waals surface area contributed by atoms with Gasteiger partial charge in [-0.3, -0.25) is 0 Å². The van der Waals surface area contributed by atoms with Gasteiger partial charge in [0.2, 0.25) is 0 Å². The van der Waals surface area contributed by atoms with E-state index in [0.717, 1.165) is 0 Å². The van der Waals surface area contributed by atoms with Gasteiger partial charge in [0.05, 0.1) is 0 Å². The van der Waals surface area contributed by atoms with Crippen LogP contribution in [0, 0.1) is 0 Å². The van der Waals surface area contributed by atoms with Crippen LogP contribution in [-0.2, 0) is 19.1 Å². The van der Waals surface area contributed by atoms with Gasteiger partial charge < -0.3 is 9.47 Å². The summed E-state index contributed by atoms with van der Waals surface area (Å²) in [4.78, 5) is 22.8. The van der Waals surface area contributed by atoms with E-state index in [2.05, 4.69) is 13.2 Å². The van der Waals surface area contributed by atoms with Gasteiger partial charge in [0.15, 0.2) is 0 Å². The maximum Gasteiger partial charge on any atom is 0.331 e. The number of carbonyl (C=O) groups is 2. The summed E-state index contributed by atoms with van der Waals surface area (Å²) in [5.74, 6) is -0.724. The Hall–Kier alpha value is -2.10. The fourth-order valence-corrected chi connectivity index (χ4v) is 1.97. The molecule has 0 bridgehead atoms. The summed E-state index contributed by atoms with van der Waals surface area (Å²) in [7, 11) is 0. The second-order valence-electron chi connectivity index (χ2n) is 4.46. The maximum absolute atomic E-state index is 11.4. The molecule has 1 aliphatic carbocycles. The minimum absolute atomic E-state index is 0.101. The van der Waals surface area contributed by atoms with Crippen molar-refractivity contribution in [1.82, 2.24) is 0 Å². The maximum atomic E-state index is 11.4. The molecule has 0 N–H and O–H groups in total. The quantitative estimate of drug-likeness (QED) is 0.425. The molecule has 0 atom stereocenters. The highest BCUT2D eigenvalue weighted by Gasteiger charge is 2.25. The van der Waals surface area contributed by atoms with Crippen molar-refractivity contribution in [2.75, 3.05) is 0 Å². The van der Waals surface area contributed by atoms with Gasteiger partial charge in [0.25, 0.3) is 0 Å². The van der Waals surface area contributed by atoms with Crippen LogP contribution in [0.25, 0.3) is 0 Å². The van der Waals surface area contributed by atoms with Crippen LogP contribution < -0.4 is 0 Å². The Bertz CT molecular complexity index is 372. The van der Waals surface area contributed by atoms with Crippen molar-refractivity contribution in [2.45, 2.75) is 37.9 Å². The molecular formula is C16H20O4. The van der Waals surface area contributed by atoms with E-state index >= 15 is 0 Å². The lowest BCUT2D eigenvalue weighted by Gasteiger charge is -2.27. The second kappa shape index (κ2) is 8.91. The minimum atomic E-state index is -0.362. The Labute approximate surface area is 119 Å². The molecule has 4 nitrogen and oxygen atoms in total. The summed E-state index contributed by atoms with van der Waals surface area (Å²) in [6.07, 6.45) is 11.4. The molecule has 1 aliphatic rings. The summed E-state index contributed by atoms with van der Waals surface area (Å²) in [6, 6.07) is 0. The fraction of sp³-hybridized carbons (Fsp3) is 0.375. The lowest BCUT2D eigenvalue weighted by atomic mass is 9.95. The first-order valence-corrected chi connectivity index (χ1v) is 6.65. The lowest BCUT2D eigenvalue weighted by molar-refractivity contribution is -0.151. The summed E-state index contributed by atoms with van der Waals surface area (Å²) in [5, 5.41) is 0. The molecule has 0 saturated heterocycles. The average Bonchev–Trinajstić information content (AvgIpc) is 2.45. The first-order valence-electron chi connectivity index (χ1n) is 6.65. The molecule has 1 saturated carbocycles. The Balaban J connectivity index is 2.29. The van der Waals surface area contributed by atoms with Crippen LogP contribution in [0.1, 0.15) is 25.7 Å². The number of ether oxygens (including phenoxy) is 2. The summed E-state index contributed by atoms with van der Waals surface area (Å²) in [6.45, 7) is 6.97. The Morgan fingerprint density at radius 1 is 0.800 bits per heavy atom. The SMILES string of the molecule is C=C/C=C/C(=O)OC1CCC(OC(=O)/C=C/C=C)CC1. The topological polar surface area (TPSA) is 52.6 Å². The second-order valence-corrected chi connectivity index (χ2v) is 4.46. The van der Waals surface area contributed by atoms with Gasteiger partial charge in [0, 0.05) is 12.2 Å². The van der Waals surface area contributed by atoms with Crippen LogP contribution >= 0.6 is 0 Å². The van der Waals surface area contributed by atoms with Gasteiger partial charge in [-0.1, -0.05) is 37.5 Å². The largest absolute Gasteiger partial charge is 0.459 e. The highest BCUT2D eigenvalue weighted by molar-refractivity contribution is 5.82. The summed E-state index contributed by atoms with van der Waals surface area (Å²) < 4.78 is 10.5. The Morgan fingerprint density at radius 2 is 1.15 bits per heavy atom. The van der Waals surface area contributed by atoms with E-state index < -0.39 is 0 Å². The molecule has 0 radical (unpaired) electrons. The molecule has 0 amide bonds. The van der Waals surface area contributed by atoms with E-state index in [1.807, 2.05) is 0 Å². The van der Waals surface area contributed by atoms with E-state index in [9.17, 15) is 9.59 Å². The van der Waals surface area contributed by atoms with Crippen LogP contribution in [0.2, 0.25) is 0 Å². The Kier molecular flexibility index (Phi) is 7.11. The van der Waals surface area contributed by atoms with Gasteiger partial charge >= 0.3 is 11.9 Å². The molecule has 1 rings (SSSR count). The molecule has 0 aromatic rings. The highest BCUT2D eigenvalue weighted by Crippen LogP contribution is 2.23. The number of esters is 2. The van der Waals surface area contributed by atoms with E-state index in [4.69, 9.17) is 9.47 Å². The summed E-state index contributed by atoms with van der Waals surface area (Å²) >= 11 is 0. The van der Waals surface area contributed by atoms with Crippen molar-refractivity contribution in [1.29, 1.82) is 0 Å². The molecule has 0 aromatic heterocycles. The first kappa shape index (κ1) is 16.0. The molecule has 108 valence electrons. The van der Waals surface area contributed by atoms with Crippen LogP contribution in [0.3, 0.4) is 0 Å². The third kappa shape index (κ3) is 6.18. The van der Waals surface area contributed by atoms with Crippen molar-refractivity contribution in [3.63, 3.8) is 0 Å². The van der Waals surface area contributed by atoms with Crippen molar-refractivity contribution in [3.05, 3.63) is 49.6 Å². The van der Waals surface area contributed by atoms with E-state index in [1.165, 1.54) is 24.3 Å². The fourth-order valence-electron chi connectivity index (χ4n) is 1.97. The van der Waals surface area contributed by atoms with Crippen LogP contribution in [0.4, 0.5) is 0 Å². The molecule has 1 fully saturated rings. The number of hydrogen-bond donors (Lipinski definition) is 0. The number of allylic oxidation sites excluding steroid dienone is 4. The smallest absolute Gasteiger partial charge is 0.331 e. The normalized spacial score (nSPS) is 22.6. The number of rotatable bonds is 6. The van der Waals surface area contributed by atoms with Gasteiger partial charge in [-0.2, -0.15) is 0 Å². The van der Waals surface area contributed by atoms with Gasteiger partial charge in [0.1, 0.15) is 12.2 Å². The first-order chi connectivity index (χ1) is 9.65. The average molecular weight is 276 g/mol. The van der Waals surface area contributed by atoms with Crippen molar-refractivity contribution in [3.8, 4) is 0 Å². The zero-order valence-corrected chi connectivity index (χ0v) is 11.5. The molecule has 0 heterocycles. The minimum Gasteiger partial charge on any atom is -0.459 e. The van der Waals surface area contributed by atoms with Crippen LogP contribution in [0.15, 0.2) is 49.6 Å². The number of carbonyl (C=O) groups excluding carboxylic acids is 2. The molecule has 0 aliphatic heterocycles. The van der Waals surface area contributed by atoms with Gasteiger partial charge in [-0.05, 0) is 25.7 Å². The Morgan fingerprint density at radius 3 is 1.45 bits per heavy atom. The molecular weight excluding hydrogens is 256 g/mol. The van der Waals surface area contributed by atoms with Crippen LogP contribution in [-0.4, -0.2) is 24.1 Å². The predicted octanol–water partition coefficient (Wildman–Crippen LogP) is 2.87. The third-order valence-corrected chi connectivity index (χ3v) is 2.92. The zero-order valence-electron chi connectivity index (χ0n) is 11.5. The standard InChI is InChI=1S/C16H20O4/c1-3-5-7-15(17)19-13-9-11-14(12-10-13)20-16(18)8-6-4-2/h3-8,13-14H,1-2,9-12H2/b7-5+,8-6+. The van der Waals surface area contributed by atoms with E-state index in [-0.39, 0.29) is 24.1 Å². The van der Waals surface area contributed by atoms with E-state index in [0.29, 0.717) is 25.7 Å². The zero-order chi connectivity index (χ0) is 14.8. The van der Waals surface area contributed by atoms with Gasteiger partial charge in [-0.15, -0.1) is 0 Å². The van der Waals surface area contributed by atoms with Crippen LogP contribution in [0.5, 0.6) is 0 Å². The third-order valence-electron chi connectivity index (χ3n) is 2.92. The highest BCUT2D eigenvalue weighted by atomic mass is 16.6. The lowest BCUT2D eigenvalue weighted by Crippen LogP contribution is -2.29. The van der Waals surface area contributed by atoms with Crippen molar-refractivity contribution < 1.29 is 19.1 Å². The predicted molar refractivity (Wildman–Crippen MR) is 76.9 cm³/mol. The molecule has 0 spiro atoms. The molecule has 4 heteroatoms. The molecule has 20 heavy (non-hydrogen) atoms. The molecule has 0 aromatic carbocycles. The van der Waals surface area contributed by atoms with Gasteiger partial charge in [-0.25, -0.2) is 9.59 Å². The number of hydrogen-bond acceptors (Lipinski definition) is 4. The summed E-state index contributed by atoms with van der Waals surface area (Å²) in [5.41, 5.74) is 0. The monoisotopic (exact) mass is 276 g/mol. The van der Waals surface area contributed by atoms with Crippen molar-refractivity contribution in [2.24, 2.45) is 0 Å². The molecule has 0 unspecified atom stereocenters. The van der Waals surface area contributed by atoms with Crippen molar-refractivity contribution >= 4 is 11.9 Å².